The fraction of sp³-hybridized carbons (Fsp3) is 0.562. The van der Waals surface area contributed by atoms with Crippen LogP contribution in [0.25, 0.3) is 0 Å². The van der Waals surface area contributed by atoms with Crippen molar-refractivity contribution in [2.45, 2.75) is 50.2 Å². The molecule has 0 heterocycles. The van der Waals surface area contributed by atoms with Crippen LogP contribution in [0.15, 0.2) is 24.3 Å². The van der Waals surface area contributed by atoms with Gasteiger partial charge in [-0.25, -0.2) is 0 Å². The molecule has 0 spiro atoms. The topological polar surface area (TPSA) is 24.1 Å². The molecule has 2 N–H and O–H groups in total. The van der Waals surface area contributed by atoms with Crippen molar-refractivity contribution >= 4 is 23.0 Å². The van der Waals surface area contributed by atoms with E-state index in [9.17, 15) is 13.2 Å². The number of alkyl halides is 3. The van der Waals surface area contributed by atoms with Crippen LogP contribution in [0.4, 0.5) is 18.9 Å². The second kappa shape index (κ2) is 5.72. The summed E-state index contributed by atoms with van der Waals surface area (Å²) in [5.74, 6) is 0.697. The maximum Gasteiger partial charge on any atom is 0.416 e. The number of benzene rings is 1. The van der Waals surface area contributed by atoms with E-state index in [1.54, 1.807) is 0 Å². The number of nitrogens with one attached hydrogen (secondary N) is 2. The second-order valence-corrected chi connectivity index (χ2v) is 6.70. The molecule has 1 aromatic rings. The molecule has 0 amide bonds. The second-order valence-electron chi connectivity index (χ2n) is 6.29. The third kappa shape index (κ3) is 3.37. The van der Waals surface area contributed by atoms with Crippen molar-refractivity contribution in [1.29, 1.82) is 0 Å². The van der Waals surface area contributed by atoms with E-state index in [1.807, 2.05) is 0 Å². The van der Waals surface area contributed by atoms with E-state index in [2.05, 4.69) is 10.6 Å². The smallest absolute Gasteiger partial charge is 0.357 e. The highest BCUT2D eigenvalue weighted by atomic mass is 32.1. The lowest BCUT2D eigenvalue weighted by Crippen LogP contribution is -2.49. The molecule has 6 heteroatoms. The van der Waals surface area contributed by atoms with Gasteiger partial charge in [-0.05, 0) is 68.1 Å². The average Bonchev–Trinajstić information content (AvgIpc) is 3.20. The molecule has 0 aliphatic heterocycles. The van der Waals surface area contributed by atoms with Crippen LogP contribution in [0.1, 0.15) is 44.1 Å². The minimum absolute atomic E-state index is 0.107. The maximum absolute atomic E-state index is 12.5. The first-order chi connectivity index (χ1) is 10.4. The number of hydrogen-bond donors (Lipinski definition) is 2. The fourth-order valence-corrected chi connectivity index (χ4v) is 3.73. The Balaban J connectivity index is 1.62. The summed E-state index contributed by atoms with van der Waals surface area (Å²) in [6.07, 6.45) is 2.88. The monoisotopic (exact) mass is 328 g/mol. The molecule has 3 rings (SSSR count). The standard InChI is InChI=1S/C16H19F3N2S/c17-16(18,19)12-5-7-13(8-6-12)20-14(22)21-15(11-3-4-11)9-1-2-10-15/h5-8,11H,1-4,9-10H2,(H2,20,21,22). The molecular formula is C16H19F3N2S. The number of hydrogen-bond acceptors (Lipinski definition) is 1. The Morgan fingerprint density at radius 2 is 1.68 bits per heavy atom. The molecule has 0 saturated heterocycles. The van der Waals surface area contributed by atoms with Crippen LogP contribution in [-0.2, 0) is 6.18 Å². The van der Waals surface area contributed by atoms with E-state index in [0.717, 1.165) is 25.0 Å². The molecule has 2 fully saturated rings. The van der Waals surface area contributed by atoms with E-state index < -0.39 is 11.7 Å². The zero-order valence-corrected chi connectivity index (χ0v) is 13.0. The molecule has 0 bridgehead atoms. The maximum atomic E-state index is 12.5. The van der Waals surface area contributed by atoms with Gasteiger partial charge in [0.1, 0.15) is 0 Å². The summed E-state index contributed by atoms with van der Waals surface area (Å²) >= 11 is 5.35. The van der Waals surface area contributed by atoms with E-state index in [-0.39, 0.29) is 5.54 Å². The van der Waals surface area contributed by atoms with Gasteiger partial charge in [0.15, 0.2) is 5.11 Å². The Hall–Kier alpha value is -1.30. The number of anilines is 1. The minimum atomic E-state index is -4.31. The van der Waals surface area contributed by atoms with Crippen molar-refractivity contribution in [2.75, 3.05) is 5.32 Å². The number of thiocarbonyl (C=S) groups is 1. The highest BCUT2D eigenvalue weighted by Crippen LogP contribution is 2.48. The molecule has 0 radical (unpaired) electrons. The first kappa shape index (κ1) is 15.6. The van der Waals surface area contributed by atoms with Gasteiger partial charge < -0.3 is 10.6 Å². The summed E-state index contributed by atoms with van der Waals surface area (Å²) in [4.78, 5) is 0. The molecule has 2 aliphatic rings. The van der Waals surface area contributed by atoms with Crippen LogP contribution in [0, 0.1) is 5.92 Å². The van der Waals surface area contributed by atoms with Gasteiger partial charge in [-0.2, -0.15) is 13.2 Å². The zero-order chi connectivity index (χ0) is 15.8. The van der Waals surface area contributed by atoms with E-state index in [4.69, 9.17) is 12.2 Å². The quantitative estimate of drug-likeness (QED) is 0.786. The van der Waals surface area contributed by atoms with Crippen molar-refractivity contribution in [3.8, 4) is 0 Å². The van der Waals surface area contributed by atoms with Crippen molar-refractivity contribution < 1.29 is 13.2 Å². The fourth-order valence-electron chi connectivity index (χ4n) is 3.41. The average molecular weight is 328 g/mol. The van der Waals surface area contributed by atoms with Gasteiger partial charge in [-0.15, -0.1) is 0 Å². The lowest BCUT2D eigenvalue weighted by Gasteiger charge is -2.32. The number of rotatable bonds is 3. The third-order valence-electron chi connectivity index (χ3n) is 4.69. The molecule has 0 unspecified atom stereocenters. The Morgan fingerprint density at radius 1 is 1.09 bits per heavy atom. The molecule has 2 nitrogen and oxygen atoms in total. The van der Waals surface area contributed by atoms with Gasteiger partial charge in [0, 0.05) is 11.2 Å². The van der Waals surface area contributed by atoms with Gasteiger partial charge >= 0.3 is 6.18 Å². The Labute approximate surface area is 133 Å². The van der Waals surface area contributed by atoms with Gasteiger partial charge in [0.2, 0.25) is 0 Å². The van der Waals surface area contributed by atoms with Crippen LogP contribution in [0.3, 0.4) is 0 Å². The van der Waals surface area contributed by atoms with Gasteiger partial charge in [-0.1, -0.05) is 12.8 Å². The largest absolute Gasteiger partial charge is 0.416 e. The molecule has 22 heavy (non-hydrogen) atoms. The summed E-state index contributed by atoms with van der Waals surface area (Å²) in [6.45, 7) is 0. The van der Waals surface area contributed by atoms with Crippen molar-refractivity contribution in [2.24, 2.45) is 5.92 Å². The summed E-state index contributed by atoms with van der Waals surface area (Å²) in [5.41, 5.74) is 0.0346. The van der Waals surface area contributed by atoms with Crippen molar-refractivity contribution in [1.82, 2.24) is 5.32 Å². The lowest BCUT2D eigenvalue weighted by atomic mass is 9.91. The zero-order valence-electron chi connectivity index (χ0n) is 12.2. The highest BCUT2D eigenvalue weighted by molar-refractivity contribution is 7.80. The third-order valence-corrected chi connectivity index (χ3v) is 4.89. The first-order valence-corrected chi connectivity index (χ1v) is 8.06. The first-order valence-electron chi connectivity index (χ1n) is 7.65. The highest BCUT2D eigenvalue weighted by Gasteiger charge is 2.47. The summed E-state index contributed by atoms with van der Waals surface area (Å²) in [7, 11) is 0. The SMILES string of the molecule is FC(F)(F)c1ccc(NC(=S)NC2(C3CC3)CCCC2)cc1. The molecule has 2 aliphatic carbocycles. The van der Waals surface area contributed by atoms with Crippen LogP contribution < -0.4 is 10.6 Å². The van der Waals surface area contributed by atoms with Crippen LogP contribution in [-0.4, -0.2) is 10.7 Å². The van der Waals surface area contributed by atoms with Crippen molar-refractivity contribution in [3.05, 3.63) is 29.8 Å². The molecule has 2 saturated carbocycles. The van der Waals surface area contributed by atoms with Crippen LogP contribution in [0.5, 0.6) is 0 Å². The van der Waals surface area contributed by atoms with E-state index >= 15 is 0 Å². The normalized spacial score (nSPS) is 20.7. The minimum Gasteiger partial charge on any atom is -0.357 e. The van der Waals surface area contributed by atoms with Crippen LogP contribution >= 0.6 is 12.2 Å². The summed E-state index contributed by atoms with van der Waals surface area (Å²) < 4.78 is 37.6. The van der Waals surface area contributed by atoms with Crippen molar-refractivity contribution in [3.63, 3.8) is 0 Å². The Bertz CT molecular complexity index is 544. The molecule has 120 valence electrons. The van der Waals surface area contributed by atoms with E-state index in [1.165, 1.54) is 37.8 Å². The Kier molecular flexibility index (Phi) is 4.05. The van der Waals surface area contributed by atoms with Crippen LogP contribution in [0.2, 0.25) is 0 Å². The predicted molar refractivity (Wildman–Crippen MR) is 84.7 cm³/mol. The molecular weight excluding hydrogens is 309 g/mol. The van der Waals surface area contributed by atoms with Gasteiger partial charge in [0.05, 0.1) is 5.56 Å². The van der Waals surface area contributed by atoms with E-state index in [0.29, 0.717) is 16.7 Å². The Morgan fingerprint density at radius 3 is 2.18 bits per heavy atom. The lowest BCUT2D eigenvalue weighted by molar-refractivity contribution is -0.137. The molecule has 1 aromatic carbocycles. The summed E-state index contributed by atoms with van der Waals surface area (Å²) in [5, 5.41) is 6.96. The number of halogens is 3. The molecule has 0 aromatic heterocycles. The predicted octanol–water partition coefficient (Wildman–Crippen LogP) is 4.71. The van der Waals surface area contributed by atoms with Gasteiger partial charge in [0.25, 0.3) is 0 Å². The summed E-state index contributed by atoms with van der Waals surface area (Å²) in [6, 6.07) is 4.96. The van der Waals surface area contributed by atoms with Gasteiger partial charge in [-0.3, -0.25) is 0 Å². The molecule has 0 atom stereocenters.